The molecule has 0 bridgehead atoms. The third kappa shape index (κ3) is 4.59. The lowest BCUT2D eigenvalue weighted by Gasteiger charge is -2.28. The van der Waals surface area contributed by atoms with Crippen molar-refractivity contribution in [2.24, 2.45) is 4.99 Å². The number of aromatic nitrogens is 1. The SMILES string of the molecule is CN=C(NCCN1CCc2sccc2C1)N1CCC(Oc2ccccn2)C1. The average molecular weight is 386 g/mol. The molecule has 1 saturated heterocycles. The predicted octanol–water partition coefficient (Wildman–Crippen LogP) is 2.23. The zero-order valence-corrected chi connectivity index (χ0v) is 16.6. The predicted molar refractivity (Wildman–Crippen MR) is 110 cm³/mol. The number of nitrogens with zero attached hydrogens (tertiary/aromatic N) is 4. The summed E-state index contributed by atoms with van der Waals surface area (Å²) >= 11 is 1.89. The van der Waals surface area contributed by atoms with Gasteiger partial charge in [-0.05, 0) is 29.5 Å². The molecule has 0 aliphatic carbocycles. The van der Waals surface area contributed by atoms with E-state index in [1.807, 2.05) is 36.6 Å². The molecule has 6 nitrogen and oxygen atoms in total. The second kappa shape index (κ2) is 8.71. The molecule has 27 heavy (non-hydrogen) atoms. The molecule has 144 valence electrons. The van der Waals surface area contributed by atoms with Gasteiger partial charge in [-0.15, -0.1) is 11.3 Å². The van der Waals surface area contributed by atoms with E-state index < -0.39 is 0 Å². The lowest BCUT2D eigenvalue weighted by molar-refractivity contribution is 0.205. The van der Waals surface area contributed by atoms with Crippen molar-refractivity contribution < 1.29 is 4.74 Å². The zero-order chi connectivity index (χ0) is 18.5. The van der Waals surface area contributed by atoms with E-state index in [0.717, 1.165) is 51.6 Å². The van der Waals surface area contributed by atoms with Crippen molar-refractivity contribution in [2.75, 3.05) is 39.8 Å². The molecule has 0 radical (unpaired) electrons. The molecule has 0 spiro atoms. The van der Waals surface area contributed by atoms with E-state index >= 15 is 0 Å². The smallest absolute Gasteiger partial charge is 0.213 e. The van der Waals surface area contributed by atoms with Gasteiger partial charge in [-0.2, -0.15) is 0 Å². The molecule has 0 aromatic carbocycles. The molecule has 0 amide bonds. The Labute approximate surface area is 164 Å². The first-order chi connectivity index (χ1) is 13.3. The highest BCUT2D eigenvalue weighted by molar-refractivity contribution is 7.10. The van der Waals surface area contributed by atoms with Crippen molar-refractivity contribution in [3.05, 3.63) is 46.3 Å². The molecule has 1 fully saturated rings. The quantitative estimate of drug-likeness (QED) is 0.632. The minimum absolute atomic E-state index is 0.164. The molecule has 2 aliphatic rings. The van der Waals surface area contributed by atoms with Crippen molar-refractivity contribution >= 4 is 17.3 Å². The van der Waals surface area contributed by atoms with Crippen LogP contribution in [0.3, 0.4) is 0 Å². The highest BCUT2D eigenvalue weighted by atomic mass is 32.1. The molecule has 2 aromatic rings. The van der Waals surface area contributed by atoms with Crippen LogP contribution >= 0.6 is 11.3 Å². The molecular weight excluding hydrogens is 358 g/mol. The van der Waals surface area contributed by atoms with Gasteiger partial charge in [-0.3, -0.25) is 9.89 Å². The Morgan fingerprint density at radius 3 is 3.19 bits per heavy atom. The summed E-state index contributed by atoms with van der Waals surface area (Å²) in [6.45, 7) is 5.97. The van der Waals surface area contributed by atoms with Crippen LogP contribution < -0.4 is 10.1 Å². The first-order valence-electron chi connectivity index (χ1n) is 9.62. The lowest BCUT2D eigenvalue weighted by atomic mass is 10.1. The summed E-state index contributed by atoms with van der Waals surface area (Å²) in [5.74, 6) is 1.67. The van der Waals surface area contributed by atoms with Crippen molar-refractivity contribution in [2.45, 2.75) is 25.5 Å². The number of rotatable bonds is 5. The first kappa shape index (κ1) is 18.3. The van der Waals surface area contributed by atoms with E-state index in [4.69, 9.17) is 4.74 Å². The second-order valence-corrected chi connectivity index (χ2v) is 8.01. The first-order valence-corrected chi connectivity index (χ1v) is 10.5. The van der Waals surface area contributed by atoms with Gasteiger partial charge >= 0.3 is 0 Å². The molecule has 1 atom stereocenters. The molecule has 1 N–H and O–H groups in total. The topological polar surface area (TPSA) is 53.0 Å². The van der Waals surface area contributed by atoms with Crippen LogP contribution in [0.15, 0.2) is 40.8 Å². The Bertz CT molecular complexity index is 763. The van der Waals surface area contributed by atoms with Gasteiger partial charge in [0.05, 0.1) is 6.54 Å². The molecule has 4 heterocycles. The minimum atomic E-state index is 0.164. The van der Waals surface area contributed by atoms with Gasteiger partial charge in [0.2, 0.25) is 5.88 Å². The summed E-state index contributed by atoms with van der Waals surface area (Å²) in [5, 5.41) is 5.74. The summed E-state index contributed by atoms with van der Waals surface area (Å²) < 4.78 is 5.98. The van der Waals surface area contributed by atoms with Crippen molar-refractivity contribution in [1.82, 2.24) is 20.1 Å². The van der Waals surface area contributed by atoms with E-state index in [0.29, 0.717) is 5.88 Å². The Balaban J connectivity index is 1.22. The number of guanidine groups is 1. The summed E-state index contributed by atoms with van der Waals surface area (Å²) in [6.07, 6.45) is 4.10. The maximum Gasteiger partial charge on any atom is 0.213 e. The number of hydrogen-bond donors (Lipinski definition) is 1. The molecule has 2 aromatic heterocycles. The summed E-state index contributed by atoms with van der Waals surface area (Å²) in [7, 11) is 1.85. The van der Waals surface area contributed by atoms with Gasteiger partial charge in [-0.25, -0.2) is 4.98 Å². The number of pyridine rings is 1. The molecule has 7 heteroatoms. The molecule has 0 saturated carbocycles. The van der Waals surface area contributed by atoms with E-state index in [2.05, 4.69) is 36.5 Å². The fraction of sp³-hybridized carbons (Fsp3) is 0.500. The molecule has 1 unspecified atom stereocenters. The van der Waals surface area contributed by atoms with E-state index in [9.17, 15) is 0 Å². The number of likely N-dealkylation sites (tertiary alicyclic amines) is 1. The monoisotopic (exact) mass is 385 g/mol. The van der Waals surface area contributed by atoms with Crippen LogP contribution in [-0.4, -0.2) is 66.6 Å². The Hall–Kier alpha value is -2.12. The van der Waals surface area contributed by atoms with Crippen LogP contribution in [0.2, 0.25) is 0 Å². The lowest BCUT2D eigenvalue weighted by Crippen LogP contribution is -2.44. The standard InChI is InChI=1S/C20H27N5OS/c1-21-20(23-9-12-24-10-6-18-16(14-24)7-13-27-18)25-11-5-17(15-25)26-19-4-2-3-8-22-19/h2-4,7-8,13,17H,5-6,9-12,14-15H2,1H3,(H,21,23). The fourth-order valence-electron chi connectivity index (χ4n) is 3.76. The maximum absolute atomic E-state index is 5.98. The summed E-state index contributed by atoms with van der Waals surface area (Å²) in [5.41, 5.74) is 1.50. The van der Waals surface area contributed by atoms with Gasteiger partial charge in [-0.1, -0.05) is 6.07 Å². The second-order valence-electron chi connectivity index (χ2n) is 7.01. The number of ether oxygens (including phenoxy) is 1. The van der Waals surface area contributed by atoms with Gasteiger partial charge in [0, 0.05) is 63.3 Å². The molecule has 2 aliphatic heterocycles. The number of aliphatic imine (C=N–C) groups is 1. The average Bonchev–Trinajstić information content (AvgIpc) is 3.35. The van der Waals surface area contributed by atoms with Crippen LogP contribution in [0.1, 0.15) is 16.9 Å². The fourth-order valence-corrected chi connectivity index (χ4v) is 4.65. The van der Waals surface area contributed by atoms with Crippen LogP contribution in [-0.2, 0) is 13.0 Å². The van der Waals surface area contributed by atoms with Gasteiger partial charge < -0.3 is 15.0 Å². The third-order valence-electron chi connectivity index (χ3n) is 5.18. The van der Waals surface area contributed by atoms with Crippen LogP contribution in [0.4, 0.5) is 0 Å². The van der Waals surface area contributed by atoms with Gasteiger partial charge in [0.25, 0.3) is 0 Å². The highest BCUT2D eigenvalue weighted by Gasteiger charge is 2.26. The largest absolute Gasteiger partial charge is 0.472 e. The third-order valence-corrected chi connectivity index (χ3v) is 6.20. The van der Waals surface area contributed by atoms with Crippen LogP contribution in [0, 0.1) is 0 Å². The van der Waals surface area contributed by atoms with Gasteiger partial charge in [0.1, 0.15) is 6.10 Å². The Kier molecular flexibility index (Phi) is 5.89. The summed E-state index contributed by atoms with van der Waals surface area (Å²) in [4.78, 5) is 15.1. The maximum atomic E-state index is 5.98. The highest BCUT2D eigenvalue weighted by Crippen LogP contribution is 2.23. The van der Waals surface area contributed by atoms with Crippen molar-refractivity contribution in [3.8, 4) is 5.88 Å². The molecular formula is C20H27N5OS. The Morgan fingerprint density at radius 1 is 1.37 bits per heavy atom. The number of thiophene rings is 1. The minimum Gasteiger partial charge on any atom is -0.472 e. The van der Waals surface area contributed by atoms with Gasteiger partial charge in [0.15, 0.2) is 5.96 Å². The molecule has 4 rings (SSSR count). The van der Waals surface area contributed by atoms with E-state index in [-0.39, 0.29) is 6.10 Å². The number of nitrogens with one attached hydrogen (secondary N) is 1. The number of fused-ring (bicyclic) bond motifs is 1. The summed E-state index contributed by atoms with van der Waals surface area (Å²) in [6, 6.07) is 8.04. The zero-order valence-electron chi connectivity index (χ0n) is 15.8. The van der Waals surface area contributed by atoms with Crippen molar-refractivity contribution in [3.63, 3.8) is 0 Å². The number of hydrogen-bond acceptors (Lipinski definition) is 5. The van der Waals surface area contributed by atoms with E-state index in [1.54, 1.807) is 11.1 Å². The van der Waals surface area contributed by atoms with Crippen molar-refractivity contribution in [1.29, 1.82) is 0 Å². The van der Waals surface area contributed by atoms with E-state index in [1.165, 1.54) is 12.0 Å². The van der Waals surface area contributed by atoms with Crippen LogP contribution in [0.25, 0.3) is 0 Å². The normalized spacial score (nSPS) is 20.6. The van der Waals surface area contributed by atoms with Crippen LogP contribution in [0.5, 0.6) is 5.88 Å². The Morgan fingerprint density at radius 2 is 2.33 bits per heavy atom.